The quantitative estimate of drug-likeness (QED) is 0.713. The van der Waals surface area contributed by atoms with E-state index in [4.69, 9.17) is 0 Å². The summed E-state index contributed by atoms with van der Waals surface area (Å²) < 4.78 is 37.7. The second kappa shape index (κ2) is 11.5. The topological polar surface area (TPSA) is 6.48 Å². The van der Waals surface area contributed by atoms with Crippen molar-refractivity contribution in [2.24, 2.45) is 5.92 Å². The Morgan fingerprint density at radius 2 is 1.68 bits per heavy atom. The van der Waals surface area contributed by atoms with Gasteiger partial charge in [-0.05, 0) is 32.4 Å². The van der Waals surface area contributed by atoms with Crippen molar-refractivity contribution in [1.82, 2.24) is 9.80 Å². The number of hydrogen-bond donors (Lipinski definition) is 0. The van der Waals surface area contributed by atoms with Crippen molar-refractivity contribution in [3.05, 3.63) is 0 Å². The molecule has 1 rings (SSSR count). The zero-order valence-electron chi connectivity index (χ0n) is 13.3. The molecule has 0 aromatic carbocycles. The molecular weight excluding hydrogens is 253 g/mol. The Hall–Kier alpha value is -0.290. The molecule has 1 atom stereocenters. The summed E-state index contributed by atoms with van der Waals surface area (Å²) in [5.41, 5.74) is 0. The summed E-state index contributed by atoms with van der Waals surface area (Å²) >= 11 is 0. The normalized spacial score (nSPS) is 19.6. The van der Waals surface area contributed by atoms with Gasteiger partial charge in [0.1, 0.15) is 0 Å². The van der Waals surface area contributed by atoms with Crippen LogP contribution in [0.4, 0.5) is 13.2 Å². The molecule has 1 unspecified atom stereocenters. The lowest BCUT2D eigenvalue weighted by atomic mass is 10.1. The monoisotopic (exact) mass is 284 g/mol. The molecule has 0 saturated carbocycles. The van der Waals surface area contributed by atoms with Crippen molar-refractivity contribution in [1.29, 1.82) is 0 Å². The lowest BCUT2D eigenvalue weighted by Gasteiger charge is -2.26. The Labute approximate surface area is 117 Å². The Morgan fingerprint density at radius 3 is 2.00 bits per heavy atom. The third-order valence-electron chi connectivity index (χ3n) is 2.82. The van der Waals surface area contributed by atoms with Crippen molar-refractivity contribution >= 4 is 0 Å². The van der Waals surface area contributed by atoms with Crippen molar-refractivity contribution in [3.63, 3.8) is 0 Å². The highest BCUT2D eigenvalue weighted by molar-refractivity contribution is 4.76. The molecule has 2 nitrogen and oxygen atoms in total. The van der Waals surface area contributed by atoms with Gasteiger partial charge in [0.05, 0.1) is 0 Å². The minimum absolute atomic E-state index is 0.115. The average Bonchev–Trinajstić information content (AvgIpc) is 2.78. The summed E-state index contributed by atoms with van der Waals surface area (Å²) in [5, 5.41) is 0. The third kappa shape index (κ3) is 9.27. The second-order valence-corrected chi connectivity index (χ2v) is 4.33. The first-order chi connectivity index (χ1) is 8.93. The van der Waals surface area contributed by atoms with Crippen LogP contribution in [0.3, 0.4) is 0 Å². The van der Waals surface area contributed by atoms with Gasteiger partial charge >= 0.3 is 6.30 Å². The molecule has 1 aliphatic rings. The molecule has 0 aromatic rings. The van der Waals surface area contributed by atoms with Crippen LogP contribution in [0.25, 0.3) is 0 Å². The third-order valence-corrected chi connectivity index (χ3v) is 2.82. The maximum absolute atomic E-state index is 12.6. The van der Waals surface area contributed by atoms with E-state index < -0.39 is 6.30 Å². The highest BCUT2D eigenvalue weighted by Crippen LogP contribution is 2.25. The predicted octanol–water partition coefficient (Wildman–Crippen LogP) is 4.22. The van der Waals surface area contributed by atoms with Crippen molar-refractivity contribution < 1.29 is 13.2 Å². The highest BCUT2D eigenvalue weighted by atomic mass is 19.4. The minimum Gasteiger partial charge on any atom is -0.306 e. The summed E-state index contributed by atoms with van der Waals surface area (Å²) in [7, 11) is 1.96. The first-order valence-electron chi connectivity index (χ1n) is 7.43. The zero-order valence-corrected chi connectivity index (χ0v) is 13.3. The van der Waals surface area contributed by atoms with Gasteiger partial charge in [0, 0.05) is 19.6 Å². The van der Waals surface area contributed by atoms with Gasteiger partial charge in [-0.15, -0.1) is 0 Å². The molecule has 1 fully saturated rings. The predicted molar refractivity (Wildman–Crippen MR) is 76.2 cm³/mol. The number of likely N-dealkylation sites (tertiary alicyclic amines) is 1. The fourth-order valence-electron chi connectivity index (χ4n) is 2.08. The highest BCUT2D eigenvalue weighted by Gasteiger charge is 2.38. The number of nitrogens with zero attached hydrogens (tertiary/aromatic N) is 2. The van der Waals surface area contributed by atoms with Crippen LogP contribution in [0, 0.1) is 5.92 Å². The lowest BCUT2D eigenvalue weighted by Crippen LogP contribution is -2.42. The van der Waals surface area contributed by atoms with Crippen LogP contribution < -0.4 is 0 Å². The van der Waals surface area contributed by atoms with E-state index in [2.05, 4.69) is 4.90 Å². The fraction of sp³-hybridized carbons (Fsp3) is 1.00. The summed E-state index contributed by atoms with van der Waals surface area (Å²) in [6.45, 7) is 11.8. The molecule has 118 valence electrons. The Morgan fingerprint density at radius 1 is 1.16 bits per heavy atom. The van der Waals surface area contributed by atoms with Gasteiger partial charge < -0.3 is 4.90 Å². The van der Waals surface area contributed by atoms with Crippen LogP contribution in [-0.2, 0) is 0 Å². The summed E-state index contributed by atoms with van der Waals surface area (Å²) in [6, 6.07) is 0. The van der Waals surface area contributed by atoms with E-state index >= 15 is 0 Å². The molecular formula is C14H31F3N2. The van der Waals surface area contributed by atoms with Gasteiger partial charge in [0.15, 0.2) is 0 Å². The van der Waals surface area contributed by atoms with Gasteiger partial charge in [0.25, 0.3) is 0 Å². The van der Waals surface area contributed by atoms with Crippen molar-refractivity contribution in [2.45, 2.75) is 53.8 Å². The molecule has 0 N–H and O–H groups in total. The van der Waals surface area contributed by atoms with Crippen LogP contribution in [0.15, 0.2) is 0 Å². The average molecular weight is 284 g/mol. The van der Waals surface area contributed by atoms with E-state index in [1.807, 2.05) is 34.7 Å². The largest absolute Gasteiger partial charge is 0.459 e. The standard InChI is InChI=1S/C10H19F3N2.2C2H6/c1-3-5-15(10(11,12)13)8-9-4-6-14(2)7-9;2*1-2/h9H,3-8H2,1-2H3;2*1-2H3. The minimum atomic E-state index is -4.17. The number of hydrogen-bond acceptors (Lipinski definition) is 2. The molecule has 0 aliphatic carbocycles. The Balaban J connectivity index is 0. The van der Waals surface area contributed by atoms with Gasteiger partial charge in [0.2, 0.25) is 0 Å². The fourth-order valence-corrected chi connectivity index (χ4v) is 2.08. The molecule has 0 bridgehead atoms. The summed E-state index contributed by atoms with van der Waals surface area (Å²) in [5.74, 6) is 0.170. The van der Waals surface area contributed by atoms with Crippen molar-refractivity contribution in [3.8, 4) is 0 Å². The van der Waals surface area contributed by atoms with E-state index in [0.717, 1.165) is 19.5 Å². The van der Waals surface area contributed by atoms with Crippen molar-refractivity contribution in [2.75, 3.05) is 33.2 Å². The summed E-state index contributed by atoms with van der Waals surface area (Å²) in [4.78, 5) is 2.74. The molecule has 1 aliphatic heterocycles. The SMILES string of the molecule is CC.CC.CCCN(CC1CCN(C)C1)C(F)(F)F. The lowest BCUT2D eigenvalue weighted by molar-refractivity contribution is -0.248. The molecule has 0 amide bonds. The smallest absolute Gasteiger partial charge is 0.306 e. The van der Waals surface area contributed by atoms with E-state index in [0.29, 0.717) is 11.3 Å². The second-order valence-electron chi connectivity index (χ2n) is 4.33. The molecule has 5 heteroatoms. The van der Waals surface area contributed by atoms with Gasteiger partial charge in [-0.3, -0.25) is 0 Å². The first kappa shape index (κ1) is 21.0. The maximum Gasteiger partial charge on any atom is 0.459 e. The van der Waals surface area contributed by atoms with Gasteiger partial charge in [-0.1, -0.05) is 34.6 Å². The van der Waals surface area contributed by atoms with E-state index in [9.17, 15) is 13.2 Å². The van der Waals surface area contributed by atoms with Crippen LogP contribution in [-0.4, -0.2) is 49.3 Å². The van der Waals surface area contributed by atoms with E-state index in [-0.39, 0.29) is 19.0 Å². The van der Waals surface area contributed by atoms with Crippen LogP contribution in [0.1, 0.15) is 47.5 Å². The first-order valence-corrected chi connectivity index (χ1v) is 7.43. The molecule has 19 heavy (non-hydrogen) atoms. The van der Waals surface area contributed by atoms with Crippen LogP contribution >= 0.6 is 0 Å². The molecule has 1 heterocycles. The summed E-state index contributed by atoms with van der Waals surface area (Å²) in [6.07, 6.45) is -2.74. The Bertz CT molecular complexity index is 196. The Kier molecular flexibility index (Phi) is 12.8. The number of alkyl halides is 3. The molecule has 0 aromatic heterocycles. The maximum atomic E-state index is 12.6. The molecule has 1 saturated heterocycles. The van der Waals surface area contributed by atoms with Gasteiger partial charge in [-0.25, -0.2) is 4.90 Å². The van der Waals surface area contributed by atoms with E-state index in [1.54, 1.807) is 6.92 Å². The van der Waals surface area contributed by atoms with Crippen LogP contribution in [0.5, 0.6) is 0 Å². The van der Waals surface area contributed by atoms with Crippen LogP contribution in [0.2, 0.25) is 0 Å². The zero-order chi connectivity index (χ0) is 15.5. The van der Waals surface area contributed by atoms with E-state index in [1.165, 1.54) is 0 Å². The van der Waals surface area contributed by atoms with Gasteiger partial charge in [-0.2, -0.15) is 13.2 Å². The molecule has 0 spiro atoms. The number of rotatable bonds is 4. The molecule has 0 radical (unpaired) electrons. The number of halogens is 3.